The van der Waals surface area contributed by atoms with Gasteiger partial charge in [0, 0.05) is 17.0 Å². The normalized spacial score (nSPS) is 12.7. The Bertz CT molecular complexity index is 812. The lowest BCUT2D eigenvalue weighted by Gasteiger charge is -2.18. The number of halogens is 2. The van der Waals surface area contributed by atoms with Crippen LogP contribution < -0.4 is 0 Å². The van der Waals surface area contributed by atoms with E-state index in [-0.39, 0.29) is 18.8 Å². The van der Waals surface area contributed by atoms with Crippen LogP contribution in [0.15, 0.2) is 48.5 Å². The van der Waals surface area contributed by atoms with Crippen LogP contribution >= 0.6 is 11.6 Å². The number of nitriles is 1. The maximum atomic E-state index is 14.3. The van der Waals surface area contributed by atoms with Crippen LogP contribution in [0.4, 0.5) is 4.39 Å². The highest BCUT2D eigenvalue weighted by Gasteiger charge is 2.30. The number of benzene rings is 2. The lowest BCUT2D eigenvalue weighted by Crippen LogP contribution is -2.25. The molecule has 2 aromatic rings. The molecule has 0 bridgehead atoms. The number of esters is 1. The molecule has 0 aromatic heterocycles. The van der Waals surface area contributed by atoms with Gasteiger partial charge in [0.25, 0.3) is 0 Å². The molecule has 0 aliphatic rings. The van der Waals surface area contributed by atoms with Gasteiger partial charge in [0.05, 0.1) is 24.2 Å². The summed E-state index contributed by atoms with van der Waals surface area (Å²) in [5.41, 5.74) is 1.30. The molecule has 2 atom stereocenters. The molecule has 0 fully saturated rings. The highest BCUT2D eigenvalue weighted by Crippen LogP contribution is 2.28. The van der Waals surface area contributed by atoms with Crippen molar-refractivity contribution in [1.29, 1.82) is 5.26 Å². The summed E-state index contributed by atoms with van der Waals surface area (Å²) in [6.45, 7) is 1.65. The third-order valence-corrected chi connectivity index (χ3v) is 4.12. The molecule has 6 heteroatoms. The van der Waals surface area contributed by atoms with Gasteiger partial charge < -0.3 is 4.74 Å². The van der Waals surface area contributed by atoms with Crippen LogP contribution in [0.3, 0.4) is 0 Å². The zero-order chi connectivity index (χ0) is 19.1. The van der Waals surface area contributed by atoms with Crippen molar-refractivity contribution in [2.24, 2.45) is 0 Å². The molecular weight excluding hydrogens is 357 g/mol. The number of nitrogens with zero attached hydrogens (tertiary/aromatic N) is 1. The molecule has 2 aromatic carbocycles. The van der Waals surface area contributed by atoms with Gasteiger partial charge in [0.1, 0.15) is 0 Å². The second-order valence-corrected chi connectivity index (χ2v) is 6.05. The standard InChI is InChI=1S/C20H17ClFNO3/c1-2-26-20(25)18(22)11-17(14-7-9-16(21)10-8-14)19(24)15-5-3-13(12-23)4-6-15/h3-10,17-18H,2,11H2,1H3/t17?,18-/m0/s1. The van der Waals surface area contributed by atoms with E-state index in [0.717, 1.165) is 0 Å². The van der Waals surface area contributed by atoms with E-state index in [1.807, 2.05) is 6.07 Å². The molecule has 0 amide bonds. The van der Waals surface area contributed by atoms with Crippen LogP contribution in [0.25, 0.3) is 0 Å². The van der Waals surface area contributed by atoms with Gasteiger partial charge in [-0.05, 0) is 36.8 Å². The average Bonchev–Trinajstić information content (AvgIpc) is 2.66. The lowest BCUT2D eigenvalue weighted by molar-refractivity contribution is -0.149. The van der Waals surface area contributed by atoms with Crippen molar-refractivity contribution >= 4 is 23.4 Å². The average molecular weight is 374 g/mol. The van der Waals surface area contributed by atoms with Gasteiger partial charge in [-0.3, -0.25) is 4.79 Å². The summed E-state index contributed by atoms with van der Waals surface area (Å²) in [6.07, 6.45) is -2.25. The molecule has 0 saturated heterocycles. The van der Waals surface area contributed by atoms with E-state index in [9.17, 15) is 14.0 Å². The third kappa shape index (κ3) is 4.90. The fourth-order valence-corrected chi connectivity index (χ4v) is 2.66. The zero-order valence-corrected chi connectivity index (χ0v) is 14.9. The minimum absolute atomic E-state index is 0.0639. The molecule has 0 aliphatic heterocycles. The van der Waals surface area contributed by atoms with E-state index in [2.05, 4.69) is 0 Å². The van der Waals surface area contributed by atoms with Crippen LogP contribution in [-0.2, 0) is 9.53 Å². The van der Waals surface area contributed by atoms with Gasteiger partial charge in [-0.15, -0.1) is 0 Å². The van der Waals surface area contributed by atoms with Crippen LogP contribution in [0.2, 0.25) is 5.02 Å². The highest BCUT2D eigenvalue weighted by molar-refractivity contribution is 6.30. The van der Waals surface area contributed by atoms with Gasteiger partial charge in [-0.25, -0.2) is 9.18 Å². The highest BCUT2D eigenvalue weighted by atomic mass is 35.5. The maximum Gasteiger partial charge on any atom is 0.340 e. The quantitative estimate of drug-likeness (QED) is 0.530. The van der Waals surface area contributed by atoms with Crippen molar-refractivity contribution < 1.29 is 18.7 Å². The number of hydrogen-bond acceptors (Lipinski definition) is 4. The van der Waals surface area contributed by atoms with Crippen LogP contribution in [0.5, 0.6) is 0 Å². The minimum Gasteiger partial charge on any atom is -0.464 e. The largest absolute Gasteiger partial charge is 0.464 e. The van der Waals surface area contributed by atoms with Crippen molar-refractivity contribution in [3.63, 3.8) is 0 Å². The van der Waals surface area contributed by atoms with Gasteiger partial charge in [0.15, 0.2) is 12.0 Å². The summed E-state index contributed by atoms with van der Waals surface area (Å²) in [6, 6.07) is 14.5. The maximum absolute atomic E-state index is 14.3. The van der Waals surface area contributed by atoms with Crippen molar-refractivity contribution in [2.45, 2.75) is 25.4 Å². The van der Waals surface area contributed by atoms with E-state index >= 15 is 0 Å². The molecule has 0 radical (unpaired) electrons. The Morgan fingerprint density at radius 3 is 2.31 bits per heavy atom. The molecule has 0 aliphatic carbocycles. The Kier molecular flexibility index (Phi) is 6.88. The Morgan fingerprint density at radius 2 is 1.77 bits per heavy atom. The Hall–Kier alpha value is -2.71. The Labute approximate surface area is 156 Å². The molecule has 134 valence electrons. The minimum atomic E-state index is -1.92. The van der Waals surface area contributed by atoms with Crippen LogP contribution in [-0.4, -0.2) is 24.5 Å². The van der Waals surface area contributed by atoms with E-state index < -0.39 is 18.1 Å². The molecule has 4 nitrogen and oxygen atoms in total. The number of carbonyl (C=O) groups is 2. The summed E-state index contributed by atoms with van der Waals surface area (Å²) < 4.78 is 19.0. The Balaban J connectivity index is 2.32. The second-order valence-electron chi connectivity index (χ2n) is 5.61. The van der Waals surface area contributed by atoms with Crippen LogP contribution in [0.1, 0.15) is 40.7 Å². The topological polar surface area (TPSA) is 67.2 Å². The van der Waals surface area contributed by atoms with Crippen molar-refractivity contribution in [3.05, 3.63) is 70.2 Å². The summed E-state index contributed by atoms with van der Waals surface area (Å²) in [7, 11) is 0. The van der Waals surface area contributed by atoms with Crippen molar-refractivity contribution in [2.75, 3.05) is 6.61 Å². The molecule has 0 N–H and O–H groups in total. The van der Waals surface area contributed by atoms with Gasteiger partial charge in [-0.1, -0.05) is 35.9 Å². The van der Waals surface area contributed by atoms with E-state index in [0.29, 0.717) is 21.7 Å². The van der Waals surface area contributed by atoms with Gasteiger partial charge >= 0.3 is 5.97 Å². The van der Waals surface area contributed by atoms with E-state index in [1.54, 1.807) is 31.2 Å². The molecule has 0 spiro atoms. The second kappa shape index (κ2) is 9.12. The predicted molar refractivity (Wildman–Crippen MR) is 95.8 cm³/mol. The van der Waals surface area contributed by atoms with E-state index in [1.165, 1.54) is 24.3 Å². The number of hydrogen-bond donors (Lipinski definition) is 0. The first-order valence-electron chi connectivity index (χ1n) is 8.06. The van der Waals surface area contributed by atoms with Crippen LogP contribution in [0, 0.1) is 11.3 Å². The molecule has 0 heterocycles. The first kappa shape index (κ1) is 19.6. The van der Waals surface area contributed by atoms with Gasteiger partial charge in [0.2, 0.25) is 0 Å². The number of alkyl halides is 1. The predicted octanol–water partition coefficient (Wildman–Crippen LogP) is 4.47. The van der Waals surface area contributed by atoms with E-state index in [4.69, 9.17) is 21.6 Å². The van der Waals surface area contributed by atoms with Crippen molar-refractivity contribution in [1.82, 2.24) is 0 Å². The summed E-state index contributed by atoms with van der Waals surface area (Å²) in [5, 5.41) is 9.35. The summed E-state index contributed by atoms with van der Waals surface area (Å²) in [5.74, 6) is -2.21. The fraction of sp³-hybridized carbons (Fsp3) is 0.250. The molecule has 2 rings (SSSR count). The monoisotopic (exact) mass is 373 g/mol. The number of Topliss-reactive ketones (excluding diaryl/α,β-unsaturated/α-hetero) is 1. The molecule has 26 heavy (non-hydrogen) atoms. The lowest BCUT2D eigenvalue weighted by atomic mass is 9.86. The number of rotatable bonds is 7. The summed E-state index contributed by atoms with van der Waals surface area (Å²) >= 11 is 5.88. The first-order chi connectivity index (χ1) is 12.5. The SMILES string of the molecule is CCOC(=O)[C@@H](F)CC(C(=O)c1ccc(C#N)cc1)c1ccc(Cl)cc1. The summed E-state index contributed by atoms with van der Waals surface area (Å²) in [4.78, 5) is 24.6. The smallest absolute Gasteiger partial charge is 0.340 e. The molecular formula is C20H17ClFNO3. The van der Waals surface area contributed by atoms with Crippen molar-refractivity contribution in [3.8, 4) is 6.07 Å². The number of carbonyl (C=O) groups excluding carboxylic acids is 2. The number of ketones is 1. The molecule has 0 saturated carbocycles. The zero-order valence-electron chi connectivity index (χ0n) is 14.1. The number of ether oxygens (including phenoxy) is 1. The molecule has 1 unspecified atom stereocenters. The first-order valence-corrected chi connectivity index (χ1v) is 8.44. The third-order valence-electron chi connectivity index (χ3n) is 3.87. The van der Waals surface area contributed by atoms with Gasteiger partial charge in [-0.2, -0.15) is 5.26 Å². The Morgan fingerprint density at radius 1 is 1.15 bits per heavy atom. The fourth-order valence-electron chi connectivity index (χ4n) is 2.54.